The molecule has 0 saturated heterocycles. The number of rotatable bonds is 4. The lowest BCUT2D eigenvalue weighted by atomic mass is 10.1. The molecule has 5 nitrogen and oxygen atoms in total. The van der Waals surface area contributed by atoms with E-state index in [-0.39, 0.29) is 23.1 Å². The quantitative estimate of drug-likeness (QED) is 0.458. The van der Waals surface area contributed by atoms with Gasteiger partial charge in [-0.15, -0.1) is 0 Å². The van der Waals surface area contributed by atoms with Crippen molar-refractivity contribution < 1.29 is 17.9 Å². The lowest BCUT2D eigenvalue weighted by molar-refractivity contribution is -0.136. The van der Waals surface area contributed by atoms with Crippen molar-refractivity contribution in [1.29, 1.82) is 0 Å². The lowest BCUT2D eigenvalue weighted by Crippen LogP contribution is -2.10. The Morgan fingerprint density at radius 1 is 0.862 bits per heavy atom. The second-order valence-corrected chi connectivity index (χ2v) is 6.22. The van der Waals surface area contributed by atoms with E-state index in [4.69, 9.17) is 10.5 Å². The maximum atomic E-state index is 13.2. The molecule has 0 amide bonds. The Balaban J connectivity index is 1.64. The van der Waals surface area contributed by atoms with Crippen LogP contribution in [0.15, 0.2) is 73.1 Å². The van der Waals surface area contributed by atoms with Crippen LogP contribution in [0.3, 0.4) is 0 Å². The van der Waals surface area contributed by atoms with Crippen LogP contribution in [0.4, 0.5) is 30.4 Å². The third-order valence-electron chi connectivity index (χ3n) is 4.27. The average Bonchev–Trinajstić information content (AvgIpc) is 2.70. The number of nitrogens with one attached hydrogen (secondary N) is 1. The molecule has 0 spiro atoms. The van der Waals surface area contributed by atoms with E-state index in [2.05, 4.69) is 15.3 Å². The molecule has 8 heteroatoms. The van der Waals surface area contributed by atoms with Gasteiger partial charge >= 0.3 is 6.18 Å². The second-order valence-electron chi connectivity index (χ2n) is 6.22. The molecule has 0 bridgehead atoms. The molecule has 1 aromatic heterocycles. The van der Waals surface area contributed by atoms with Gasteiger partial charge in [-0.3, -0.25) is 0 Å². The summed E-state index contributed by atoms with van der Waals surface area (Å²) in [7, 11) is 0. The minimum absolute atomic E-state index is 0.00219. The van der Waals surface area contributed by atoms with Crippen molar-refractivity contribution in [3.8, 4) is 11.6 Å². The van der Waals surface area contributed by atoms with Crippen LogP contribution in [0.2, 0.25) is 0 Å². The number of para-hydroxylation sites is 1. The molecule has 0 aliphatic heterocycles. The Morgan fingerprint density at radius 2 is 1.59 bits per heavy atom. The van der Waals surface area contributed by atoms with Crippen molar-refractivity contribution in [3.63, 3.8) is 0 Å². The second kappa shape index (κ2) is 7.31. The van der Waals surface area contributed by atoms with Crippen molar-refractivity contribution >= 4 is 28.0 Å². The van der Waals surface area contributed by atoms with Gasteiger partial charge in [-0.1, -0.05) is 42.5 Å². The molecule has 146 valence electrons. The molecule has 0 radical (unpaired) electrons. The summed E-state index contributed by atoms with van der Waals surface area (Å²) in [6.07, 6.45) is -3.35. The third-order valence-corrected chi connectivity index (χ3v) is 4.27. The summed E-state index contributed by atoms with van der Waals surface area (Å²) in [5.41, 5.74) is 5.07. The number of nitrogens with two attached hydrogens (primary N) is 1. The largest absolute Gasteiger partial charge is 0.437 e. The molecule has 3 N–H and O–H groups in total. The van der Waals surface area contributed by atoms with Crippen LogP contribution < -0.4 is 15.8 Å². The number of nitrogen functional groups attached to an aromatic ring is 1. The maximum absolute atomic E-state index is 13.2. The van der Waals surface area contributed by atoms with Gasteiger partial charge in [-0.25, -0.2) is 4.98 Å². The predicted molar refractivity (Wildman–Crippen MR) is 105 cm³/mol. The summed E-state index contributed by atoms with van der Waals surface area (Å²) < 4.78 is 45.4. The minimum Gasteiger partial charge on any atom is -0.437 e. The Hall–Kier alpha value is -3.81. The fraction of sp³-hybridized carbons (Fsp3) is 0.0476. The Kier molecular flexibility index (Phi) is 4.67. The number of nitrogens with zero attached hydrogens (tertiary/aromatic N) is 2. The smallest absolute Gasteiger partial charge is 0.418 e. The third kappa shape index (κ3) is 3.91. The van der Waals surface area contributed by atoms with Crippen LogP contribution in [-0.2, 0) is 6.18 Å². The highest BCUT2D eigenvalue weighted by atomic mass is 19.4. The molecular formula is C21H15F3N4O. The molecule has 4 aromatic rings. The highest BCUT2D eigenvalue weighted by Crippen LogP contribution is 2.37. The van der Waals surface area contributed by atoms with E-state index in [9.17, 15) is 13.2 Å². The molecule has 0 aliphatic carbocycles. The number of hydrogen-bond donors (Lipinski definition) is 2. The van der Waals surface area contributed by atoms with Gasteiger partial charge in [0, 0.05) is 0 Å². The maximum Gasteiger partial charge on any atom is 0.418 e. The molecule has 0 saturated carbocycles. The van der Waals surface area contributed by atoms with Crippen molar-refractivity contribution in [2.24, 2.45) is 0 Å². The summed E-state index contributed by atoms with van der Waals surface area (Å²) in [6.45, 7) is 0. The number of ether oxygens (including phenoxy) is 1. The summed E-state index contributed by atoms with van der Waals surface area (Å²) in [4.78, 5) is 7.96. The lowest BCUT2D eigenvalue weighted by Gasteiger charge is -2.16. The van der Waals surface area contributed by atoms with Gasteiger partial charge in [0.1, 0.15) is 17.8 Å². The van der Waals surface area contributed by atoms with Gasteiger partial charge in [0.2, 0.25) is 5.88 Å². The summed E-state index contributed by atoms with van der Waals surface area (Å²) in [6, 6.07) is 18.3. The predicted octanol–water partition coefficient (Wildman–Crippen LogP) is 5.77. The zero-order valence-electron chi connectivity index (χ0n) is 14.9. The number of halogens is 3. The normalized spacial score (nSPS) is 11.4. The topological polar surface area (TPSA) is 73.1 Å². The number of anilines is 3. The van der Waals surface area contributed by atoms with Gasteiger partial charge < -0.3 is 15.8 Å². The van der Waals surface area contributed by atoms with Crippen LogP contribution in [0, 0.1) is 0 Å². The van der Waals surface area contributed by atoms with Crippen LogP contribution in [0.1, 0.15) is 5.56 Å². The molecular weight excluding hydrogens is 381 g/mol. The fourth-order valence-corrected chi connectivity index (χ4v) is 2.87. The van der Waals surface area contributed by atoms with Gasteiger partial charge in [0.05, 0.1) is 11.3 Å². The van der Waals surface area contributed by atoms with Gasteiger partial charge in [-0.2, -0.15) is 18.2 Å². The molecule has 0 atom stereocenters. The average molecular weight is 396 g/mol. The van der Waals surface area contributed by atoms with Gasteiger partial charge in [0.25, 0.3) is 0 Å². The molecule has 29 heavy (non-hydrogen) atoms. The first-order valence-electron chi connectivity index (χ1n) is 8.62. The molecule has 4 rings (SSSR count). The zero-order valence-corrected chi connectivity index (χ0v) is 14.9. The number of alkyl halides is 3. The van der Waals surface area contributed by atoms with Crippen molar-refractivity contribution in [3.05, 3.63) is 78.6 Å². The number of fused-ring (bicyclic) bond motifs is 1. The van der Waals surface area contributed by atoms with Crippen molar-refractivity contribution in [2.45, 2.75) is 6.18 Å². The highest BCUT2D eigenvalue weighted by molar-refractivity contribution is 5.84. The molecule has 0 aliphatic rings. The minimum atomic E-state index is -4.52. The van der Waals surface area contributed by atoms with E-state index in [1.807, 2.05) is 36.4 Å². The number of hydrogen-bond acceptors (Lipinski definition) is 5. The van der Waals surface area contributed by atoms with Crippen LogP contribution in [0.5, 0.6) is 11.6 Å². The van der Waals surface area contributed by atoms with E-state index >= 15 is 0 Å². The zero-order chi connectivity index (χ0) is 20.4. The van der Waals surface area contributed by atoms with Crippen molar-refractivity contribution in [1.82, 2.24) is 9.97 Å². The number of benzene rings is 3. The summed E-state index contributed by atoms with van der Waals surface area (Å²) in [5, 5.41) is 4.64. The first-order chi connectivity index (χ1) is 13.9. The fourth-order valence-electron chi connectivity index (χ4n) is 2.87. The Labute approximate surface area is 164 Å². The molecule has 1 heterocycles. The van der Waals surface area contributed by atoms with Gasteiger partial charge in [-0.05, 0) is 35.0 Å². The van der Waals surface area contributed by atoms with E-state index in [1.165, 1.54) is 24.5 Å². The number of aromatic nitrogens is 2. The molecule has 0 fully saturated rings. The Bertz CT molecular complexity index is 1180. The first kappa shape index (κ1) is 18.5. The van der Waals surface area contributed by atoms with E-state index in [0.717, 1.165) is 16.8 Å². The van der Waals surface area contributed by atoms with Crippen LogP contribution in [-0.4, -0.2) is 9.97 Å². The van der Waals surface area contributed by atoms with E-state index < -0.39 is 11.7 Å². The standard InChI is InChI=1S/C21H15F3N4O/c22-21(23,24)16-7-3-4-8-17(16)28-19-18(25)20(27-12-26-19)29-15-10-9-13-5-1-2-6-14(13)11-15/h1-12H,25H2,(H,26,27,28). The SMILES string of the molecule is Nc1c(Nc2ccccc2C(F)(F)F)ncnc1Oc1ccc2ccccc2c1. The Morgan fingerprint density at radius 3 is 2.38 bits per heavy atom. The van der Waals surface area contributed by atoms with Crippen LogP contribution in [0.25, 0.3) is 10.8 Å². The van der Waals surface area contributed by atoms with Crippen LogP contribution >= 0.6 is 0 Å². The summed E-state index contributed by atoms with van der Waals surface area (Å²) in [5.74, 6) is 0.561. The molecule has 3 aromatic carbocycles. The summed E-state index contributed by atoms with van der Waals surface area (Å²) >= 11 is 0. The monoisotopic (exact) mass is 396 g/mol. The highest BCUT2D eigenvalue weighted by Gasteiger charge is 2.33. The van der Waals surface area contributed by atoms with Gasteiger partial charge in [0.15, 0.2) is 5.82 Å². The van der Waals surface area contributed by atoms with E-state index in [1.54, 1.807) is 6.07 Å². The first-order valence-corrected chi connectivity index (χ1v) is 8.62. The van der Waals surface area contributed by atoms with Crippen molar-refractivity contribution in [2.75, 3.05) is 11.1 Å². The molecule has 0 unspecified atom stereocenters. The van der Waals surface area contributed by atoms with E-state index in [0.29, 0.717) is 5.75 Å².